The SMILES string of the molecule is Cc1cn(-c2ccc(N3CC(C)O[C@H](C)C3)cc2)c(=O)c2cccc(-c3ccc(Cl)cc3)c12. The summed E-state index contributed by atoms with van der Waals surface area (Å²) in [6.07, 6.45) is 2.35. The fourth-order valence-corrected chi connectivity index (χ4v) is 5.00. The third-order valence-corrected chi connectivity index (χ3v) is 6.55. The monoisotopic (exact) mass is 458 g/mol. The van der Waals surface area contributed by atoms with E-state index in [0.29, 0.717) is 10.4 Å². The van der Waals surface area contributed by atoms with Gasteiger partial charge in [-0.1, -0.05) is 35.9 Å². The fourth-order valence-electron chi connectivity index (χ4n) is 4.88. The molecular formula is C28H27ClN2O2. The summed E-state index contributed by atoms with van der Waals surface area (Å²) in [5.41, 5.74) is 5.12. The number of aromatic nitrogens is 1. The van der Waals surface area contributed by atoms with E-state index in [1.807, 2.05) is 54.7 Å². The third-order valence-electron chi connectivity index (χ3n) is 6.30. The molecule has 4 nitrogen and oxygen atoms in total. The lowest BCUT2D eigenvalue weighted by atomic mass is 9.96. The molecule has 0 amide bonds. The summed E-state index contributed by atoms with van der Waals surface area (Å²) in [7, 11) is 0. The molecule has 0 bridgehead atoms. The van der Waals surface area contributed by atoms with Gasteiger partial charge in [0.1, 0.15) is 0 Å². The zero-order valence-electron chi connectivity index (χ0n) is 19.1. The minimum Gasteiger partial charge on any atom is -0.372 e. The van der Waals surface area contributed by atoms with Crippen molar-refractivity contribution in [2.75, 3.05) is 18.0 Å². The molecule has 1 unspecified atom stereocenters. The maximum absolute atomic E-state index is 13.5. The van der Waals surface area contributed by atoms with Crippen LogP contribution in [0.2, 0.25) is 5.02 Å². The van der Waals surface area contributed by atoms with E-state index in [9.17, 15) is 4.79 Å². The lowest BCUT2D eigenvalue weighted by molar-refractivity contribution is -0.00521. The summed E-state index contributed by atoms with van der Waals surface area (Å²) in [6.45, 7) is 8.00. The Balaban J connectivity index is 1.55. The van der Waals surface area contributed by atoms with Crippen LogP contribution in [0.1, 0.15) is 19.4 Å². The second-order valence-electron chi connectivity index (χ2n) is 8.90. The van der Waals surface area contributed by atoms with Crippen LogP contribution in [0.15, 0.2) is 77.7 Å². The van der Waals surface area contributed by atoms with Crippen LogP contribution >= 0.6 is 11.6 Å². The molecule has 33 heavy (non-hydrogen) atoms. The van der Waals surface area contributed by atoms with E-state index >= 15 is 0 Å². The highest BCUT2D eigenvalue weighted by atomic mass is 35.5. The lowest BCUT2D eigenvalue weighted by Crippen LogP contribution is -2.45. The Morgan fingerprint density at radius 2 is 1.52 bits per heavy atom. The molecule has 5 rings (SSSR count). The van der Waals surface area contributed by atoms with Gasteiger partial charge >= 0.3 is 0 Å². The molecule has 168 valence electrons. The Hall–Kier alpha value is -3.08. The number of anilines is 1. The van der Waals surface area contributed by atoms with Crippen LogP contribution < -0.4 is 10.5 Å². The third kappa shape index (κ3) is 4.17. The van der Waals surface area contributed by atoms with Gasteiger partial charge in [0.05, 0.1) is 12.2 Å². The zero-order valence-corrected chi connectivity index (χ0v) is 19.8. The molecule has 0 aliphatic carbocycles. The van der Waals surface area contributed by atoms with Crippen molar-refractivity contribution in [3.8, 4) is 16.8 Å². The molecule has 1 fully saturated rings. The van der Waals surface area contributed by atoms with Gasteiger partial charge in [-0.15, -0.1) is 0 Å². The number of ether oxygens (including phenoxy) is 1. The first-order valence-electron chi connectivity index (χ1n) is 11.3. The fraction of sp³-hybridized carbons (Fsp3) is 0.250. The first-order chi connectivity index (χ1) is 15.9. The van der Waals surface area contributed by atoms with E-state index in [0.717, 1.165) is 46.5 Å². The number of halogens is 1. The number of fused-ring (bicyclic) bond motifs is 1. The van der Waals surface area contributed by atoms with Gasteiger partial charge in [-0.25, -0.2) is 0 Å². The Morgan fingerprint density at radius 3 is 2.18 bits per heavy atom. The summed E-state index contributed by atoms with van der Waals surface area (Å²) in [6, 6.07) is 21.9. The van der Waals surface area contributed by atoms with Crippen molar-refractivity contribution < 1.29 is 4.74 Å². The average Bonchev–Trinajstić information content (AvgIpc) is 2.81. The van der Waals surface area contributed by atoms with Gasteiger partial charge in [0.2, 0.25) is 0 Å². The number of nitrogens with zero attached hydrogens (tertiary/aromatic N) is 2. The van der Waals surface area contributed by atoms with Crippen molar-refractivity contribution in [2.24, 2.45) is 0 Å². The Bertz CT molecular complexity index is 1350. The molecule has 1 aromatic heterocycles. The number of hydrogen-bond acceptors (Lipinski definition) is 3. The predicted molar refractivity (Wildman–Crippen MR) is 137 cm³/mol. The largest absolute Gasteiger partial charge is 0.372 e. The summed E-state index contributed by atoms with van der Waals surface area (Å²) in [5, 5.41) is 2.39. The van der Waals surface area contributed by atoms with Gasteiger partial charge in [0.25, 0.3) is 5.56 Å². The number of pyridine rings is 1. The smallest absolute Gasteiger partial charge is 0.262 e. The van der Waals surface area contributed by atoms with Crippen molar-refractivity contribution in [3.05, 3.63) is 93.9 Å². The summed E-state index contributed by atoms with van der Waals surface area (Å²) in [4.78, 5) is 15.8. The molecule has 1 aliphatic heterocycles. The maximum Gasteiger partial charge on any atom is 0.262 e. The molecule has 0 N–H and O–H groups in total. The van der Waals surface area contributed by atoms with Crippen LogP contribution in [-0.2, 0) is 4.74 Å². The van der Waals surface area contributed by atoms with Gasteiger partial charge in [-0.3, -0.25) is 9.36 Å². The van der Waals surface area contributed by atoms with Crippen LogP contribution in [0.5, 0.6) is 0 Å². The highest BCUT2D eigenvalue weighted by Crippen LogP contribution is 2.31. The van der Waals surface area contributed by atoms with Crippen molar-refractivity contribution in [2.45, 2.75) is 33.0 Å². The number of aryl methyl sites for hydroxylation is 1. The van der Waals surface area contributed by atoms with Crippen LogP contribution in [-0.4, -0.2) is 29.9 Å². The zero-order chi connectivity index (χ0) is 23.1. The highest BCUT2D eigenvalue weighted by molar-refractivity contribution is 6.30. The second kappa shape index (κ2) is 8.69. The van der Waals surface area contributed by atoms with E-state index in [4.69, 9.17) is 16.3 Å². The van der Waals surface area contributed by atoms with E-state index in [1.165, 1.54) is 0 Å². The van der Waals surface area contributed by atoms with Crippen molar-refractivity contribution in [3.63, 3.8) is 0 Å². The molecule has 4 aromatic rings. The second-order valence-corrected chi connectivity index (χ2v) is 9.34. The minimum absolute atomic E-state index is 0.0206. The van der Waals surface area contributed by atoms with Crippen molar-refractivity contribution >= 4 is 28.1 Å². The highest BCUT2D eigenvalue weighted by Gasteiger charge is 2.22. The van der Waals surface area contributed by atoms with Crippen molar-refractivity contribution in [1.29, 1.82) is 0 Å². The van der Waals surface area contributed by atoms with E-state index in [1.54, 1.807) is 4.57 Å². The molecule has 0 radical (unpaired) electrons. The molecular weight excluding hydrogens is 432 g/mol. The normalized spacial score (nSPS) is 18.6. The maximum atomic E-state index is 13.5. The van der Waals surface area contributed by atoms with Crippen molar-refractivity contribution in [1.82, 2.24) is 4.57 Å². The molecule has 2 atom stereocenters. The number of rotatable bonds is 3. The predicted octanol–water partition coefficient (Wildman–Crippen LogP) is 6.23. The van der Waals surface area contributed by atoms with Crippen LogP contribution in [0.3, 0.4) is 0 Å². The van der Waals surface area contributed by atoms with Crippen LogP contribution in [0.25, 0.3) is 27.6 Å². The summed E-state index contributed by atoms with van der Waals surface area (Å²) in [5.74, 6) is 0. The summed E-state index contributed by atoms with van der Waals surface area (Å²) < 4.78 is 7.60. The molecule has 1 aliphatic rings. The molecule has 5 heteroatoms. The van der Waals surface area contributed by atoms with Crippen LogP contribution in [0.4, 0.5) is 5.69 Å². The average molecular weight is 459 g/mol. The topological polar surface area (TPSA) is 34.5 Å². The summed E-state index contributed by atoms with van der Waals surface area (Å²) >= 11 is 6.07. The number of benzene rings is 3. The van der Waals surface area contributed by atoms with E-state index < -0.39 is 0 Å². The molecule has 1 saturated heterocycles. The lowest BCUT2D eigenvalue weighted by Gasteiger charge is -2.36. The first kappa shape index (κ1) is 21.7. The molecule has 2 heterocycles. The number of morpholine rings is 1. The number of hydrogen-bond donors (Lipinski definition) is 0. The van der Waals surface area contributed by atoms with E-state index in [-0.39, 0.29) is 17.8 Å². The Labute approximate surface area is 199 Å². The van der Waals surface area contributed by atoms with Gasteiger partial charge in [0, 0.05) is 41.1 Å². The quantitative estimate of drug-likeness (QED) is 0.365. The van der Waals surface area contributed by atoms with Crippen LogP contribution in [0, 0.1) is 6.92 Å². The van der Waals surface area contributed by atoms with Gasteiger partial charge in [-0.05, 0) is 85.3 Å². The van der Waals surface area contributed by atoms with E-state index in [2.05, 4.69) is 43.9 Å². The first-order valence-corrected chi connectivity index (χ1v) is 11.7. The van der Waals surface area contributed by atoms with Gasteiger partial charge < -0.3 is 9.64 Å². The van der Waals surface area contributed by atoms with Gasteiger partial charge in [0.15, 0.2) is 0 Å². The molecule has 0 saturated carbocycles. The minimum atomic E-state index is -0.0206. The Kier molecular flexibility index (Phi) is 5.73. The Morgan fingerprint density at radius 1 is 0.879 bits per heavy atom. The van der Waals surface area contributed by atoms with Gasteiger partial charge in [-0.2, -0.15) is 0 Å². The molecule has 0 spiro atoms. The molecule has 3 aromatic carbocycles. The standard InChI is InChI=1S/C28H27ClN2O2/c1-18-15-31(24-13-11-23(12-14-24)30-16-19(2)33-20(3)17-30)28(32)26-6-4-5-25(27(18)26)21-7-9-22(29)10-8-21/h4-15,19-20H,16-17H2,1-3H3/t19-,20?/m1/s1.